The number of carbonyl (C=O) groups excluding carboxylic acids is 1. The van der Waals surface area contributed by atoms with E-state index in [1.54, 1.807) is 42.5 Å². The molecule has 4 heteroatoms. The van der Waals surface area contributed by atoms with E-state index in [1.807, 2.05) is 19.9 Å². The summed E-state index contributed by atoms with van der Waals surface area (Å²) in [5, 5.41) is 0.848. The molecular formula is C19H16O4. The highest BCUT2D eigenvalue weighted by atomic mass is 16.5. The van der Waals surface area contributed by atoms with Crippen LogP contribution in [0.5, 0.6) is 5.75 Å². The minimum Gasteiger partial charge on any atom is -0.423 e. The number of carbonyl (C=O) groups is 1. The Kier molecular flexibility index (Phi) is 3.98. The third-order valence-corrected chi connectivity index (χ3v) is 3.83. The van der Waals surface area contributed by atoms with E-state index in [1.165, 1.54) is 0 Å². The van der Waals surface area contributed by atoms with Crippen molar-refractivity contribution in [1.29, 1.82) is 0 Å². The first-order valence-electron chi connectivity index (χ1n) is 7.43. The van der Waals surface area contributed by atoms with Crippen LogP contribution in [-0.4, -0.2) is 5.97 Å². The highest BCUT2D eigenvalue weighted by molar-refractivity contribution is 5.91. The van der Waals surface area contributed by atoms with Gasteiger partial charge in [0.05, 0.1) is 5.56 Å². The number of hydrogen-bond acceptors (Lipinski definition) is 4. The van der Waals surface area contributed by atoms with Crippen molar-refractivity contribution in [2.75, 3.05) is 0 Å². The number of esters is 1. The van der Waals surface area contributed by atoms with Crippen LogP contribution in [0.25, 0.3) is 11.0 Å². The molecule has 3 aromatic rings. The first kappa shape index (κ1) is 15.0. The molecule has 0 atom stereocenters. The van der Waals surface area contributed by atoms with Crippen LogP contribution in [-0.2, 0) is 6.42 Å². The van der Waals surface area contributed by atoms with Gasteiger partial charge >= 0.3 is 11.6 Å². The molecule has 0 radical (unpaired) electrons. The summed E-state index contributed by atoms with van der Waals surface area (Å²) in [4.78, 5) is 24.0. The van der Waals surface area contributed by atoms with Crippen LogP contribution in [0.4, 0.5) is 0 Å². The lowest BCUT2D eigenvalue weighted by Gasteiger charge is -2.08. The summed E-state index contributed by atoms with van der Waals surface area (Å²) < 4.78 is 10.7. The quantitative estimate of drug-likeness (QED) is 0.418. The zero-order valence-corrected chi connectivity index (χ0v) is 13.0. The molecule has 23 heavy (non-hydrogen) atoms. The molecule has 0 N–H and O–H groups in total. The molecule has 1 heterocycles. The maximum absolute atomic E-state index is 12.1. The summed E-state index contributed by atoms with van der Waals surface area (Å²) >= 11 is 0. The second-order valence-corrected chi connectivity index (χ2v) is 5.26. The van der Waals surface area contributed by atoms with Crippen molar-refractivity contribution in [1.82, 2.24) is 0 Å². The lowest BCUT2D eigenvalue weighted by Crippen LogP contribution is -2.10. The molecule has 4 nitrogen and oxygen atoms in total. The summed E-state index contributed by atoms with van der Waals surface area (Å²) in [5.74, 6) is -0.104. The molecule has 1 aromatic heterocycles. The SMILES string of the molecule is CCc1c(C)c2ccc(OC(=O)c3ccccc3)cc2oc1=O. The maximum Gasteiger partial charge on any atom is 0.343 e. The second kappa shape index (κ2) is 6.08. The molecule has 0 saturated carbocycles. The van der Waals surface area contributed by atoms with Gasteiger partial charge in [-0.05, 0) is 43.2 Å². The summed E-state index contributed by atoms with van der Waals surface area (Å²) in [5.41, 5.74) is 2.12. The minimum absolute atomic E-state index is 0.343. The molecule has 2 aromatic carbocycles. The first-order chi connectivity index (χ1) is 11.1. The van der Waals surface area contributed by atoms with Crippen LogP contribution < -0.4 is 10.4 Å². The Labute approximate surface area is 133 Å². The Morgan fingerprint density at radius 1 is 1.13 bits per heavy atom. The second-order valence-electron chi connectivity index (χ2n) is 5.26. The topological polar surface area (TPSA) is 56.5 Å². The molecule has 0 bridgehead atoms. The molecule has 0 fully saturated rings. The van der Waals surface area contributed by atoms with Gasteiger partial charge in [-0.1, -0.05) is 25.1 Å². The molecule has 0 amide bonds. The van der Waals surface area contributed by atoms with Gasteiger partial charge in [0.25, 0.3) is 0 Å². The number of benzene rings is 2. The van der Waals surface area contributed by atoms with Gasteiger partial charge in [0, 0.05) is 17.0 Å². The molecule has 0 aliphatic carbocycles. The van der Waals surface area contributed by atoms with Gasteiger partial charge in [0.2, 0.25) is 0 Å². The van der Waals surface area contributed by atoms with E-state index in [0.717, 1.165) is 10.9 Å². The van der Waals surface area contributed by atoms with E-state index in [9.17, 15) is 9.59 Å². The number of fused-ring (bicyclic) bond motifs is 1. The monoisotopic (exact) mass is 308 g/mol. The largest absolute Gasteiger partial charge is 0.423 e. The Morgan fingerprint density at radius 2 is 1.87 bits per heavy atom. The fourth-order valence-corrected chi connectivity index (χ4v) is 2.59. The molecule has 0 aliphatic rings. The zero-order valence-electron chi connectivity index (χ0n) is 13.0. The molecule has 0 spiro atoms. The van der Waals surface area contributed by atoms with Crippen LogP contribution in [0.2, 0.25) is 0 Å². The van der Waals surface area contributed by atoms with Crippen LogP contribution in [0.3, 0.4) is 0 Å². The van der Waals surface area contributed by atoms with Gasteiger partial charge in [0.1, 0.15) is 11.3 Å². The molecular weight excluding hydrogens is 292 g/mol. The normalized spacial score (nSPS) is 10.7. The van der Waals surface area contributed by atoms with Crippen molar-refractivity contribution in [3.8, 4) is 5.75 Å². The number of ether oxygens (including phenoxy) is 1. The maximum atomic E-state index is 12.1. The van der Waals surface area contributed by atoms with Crippen molar-refractivity contribution in [2.45, 2.75) is 20.3 Å². The third kappa shape index (κ3) is 2.88. The highest BCUT2D eigenvalue weighted by Crippen LogP contribution is 2.24. The van der Waals surface area contributed by atoms with E-state index in [2.05, 4.69) is 0 Å². The van der Waals surface area contributed by atoms with E-state index in [4.69, 9.17) is 9.15 Å². The Hall–Kier alpha value is -2.88. The Balaban J connectivity index is 1.98. The smallest absolute Gasteiger partial charge is 0.343 e. The zero-order chi connectivity index (χ0) is 16.4. The lowest BCUT2D eigenvalue weighted by atomic mass is 10.0. The molecule has 3 rings (SSSR count). The number of aryl methyl sites for hydroxylation is 1. The molecule has 0 aliphatic heterocycles. The van der Waals surface area contributed by atoms with Gasteiger partial charge in [-0.25, -0.2) is 9.59 Å². The molecule has 116 valence electrons. The average Bonchev–Trinajstić information content (AvgIpc) is 2.55. The summed E-state index contributed by atoms with van der Waals surface area (Å²) in [7, 11) is 0. The van der Waals surface area contributed by atoms with E-state index in [-0.39, 0.29) is 5.63 Å². The van der Waals surface area contributed by atoms with E-state index < -0.39 is 5.97 Å². The molecule has 0 unspecified atom stereocenters. The summed E-state index contributed by atoms with van der Waals surface area (Å²) in [6.07, 6.45) is 0.620. The van der Waals surface area contributed by atoms with E-state index in [0.29, 0.717) is 28.9 Å². The lowest BCUT2D eigenvalue weighted by molar-refractivity contribution is 0.0735. The predicted molar refractivity (Wildman–Crippen MR) is 88.0 cm³/mol. The Bertz CT molecular complexity index is 923. The van der Waals surface area contributed by atoms with Crippen LogP contribution in [0.1, 0.15) is 28.4 Å². The fourth-order valence-electron chi connectivity index (χ4n) is 2.59. The summed E-state index contributed by atoms with van der Waals surface area (Å²) in [6.45, 7) is 3.81. The summed E-state index contributed by atoms with van der Waals surface area (Å²) in [6, 6.07) is 13.8. The average molecular weight is 308 g/mol. The van der Waals surface area contributed by atoms with Crippen molar-refractivity contribution in [3.05, 3.63) is 75.6 Å². The van der Waals surface area contributed by atoms with Gasteiger partial charge in [-0.2, -0.15) is 0 Å². The van der Waals surface area contributed by atoms with Crippen molar-refractivity contribution in [2.24, 2.45) is 0 Å². The van der Waals surface area contributed by atoms with Gasteiger partial charge in [-0.3, -0.25) is 0 Å². The van der Waals surface area contributed by atoms with Crippen molar-refractivity contribution < 1.29 is 13.9 Å². The first-order valence-corrected chi connectivity index (χ1v) is 7.43. The number of hydrogen-bond donors (Lipinski definition) is 0. The standard InChI is InChI=1S/C19H16O4/c1-3-15-12(2)16-10-9-14(11-17(16)23-19(15)21)22-18(20)13-7-5-4-6-8-13/h4-11H,3H2,1-2H3. The number of rotatable bonds is 3. The van der Waals surface area contributed by atoms with Gasteiger partial charge < -0.3 is 9.15 Å². The van der Waals surface area contributed by atoms with Crippen LogP contribution in [0, 0.1) is 6.92 Å². The minimum atomic E-state index is -0.450. The van der Waals surface area contributed by atoms with Gasteiger partial charge in [0.15, 0.2) is 0 Å². The fraction of sp³-hybridized carbons (Fsp3) is 0.158. The Morgan fingerprint density at radius 3 is 2.57 bits per heavy atom. The van der Waals surface area contributed by atoms with E-state index >= 15 is 0 Å². The van der Waals surface area contributed by atoms with Crippen LogP contribution >= 0.6 is 0 Å². The third-order valence-electron chi connectivity index (χ3n) is 3.83. The molecule has 0 saturated heterocycles. The predicted octanol–water partition coefficient (Wildman–Crippen LogP) is 3.88. The highest BCUT2D eigenvalue weighted by Gasteiger charge is 2.12. The van der Waals surface area contributed by atoms with Crippen molar-refractivity contribution >= 4 is 16.9 Å². The van der Waals surface area contributed by atoms with Gasteiger partial charge in [-0.15, -0.1) is 0 Å². The van der Waals surface area contributed by atoms with Crippen LogP contribution in [0.15, 0.2) is 57.7 Å². The van der Waals surface area contributed by atoms with Crippen molar-refractivity contribution in [3.63, 3.8) is 0 Å².